The summed E-state index contributed by atoms with van der Waals surface area (Å²) < 4.78 is 1.70. The molecule has 4 rings (SSSR count). The average molecular weight is 431 g/mol. The molecule has 2 heterocycles. The zero-order valence-electron chi connectivity index (χ0n) is 17.3. The van der Waals surface area contributed by atoms with Crippen molar-refractivity contribution in [2.75, 3.05) is 5.32 Å². The average Bonchev–Trinajstić information content (AvgIpc) is 3.40. The number of benzene rings is 2. The second-order valence-electron chi connectivity index (χ2n) is 7.08. The van der Waals surface area contributed by atoms with Crippen molar-refractivity contribution in [1.82, 2.24) is 15.1 Å². The number of anilines is 1. The maximum Gasteiger partial charge on any atom is 0.251 e. The third-order valence-electron chi connectivity index (χ3n) is 4.79. The van der Waals surface area contributed by atoms with Gasteiger partial charge in [-0.3, -0.25) is 9.59 Å². The number of nitrogens with zero attached hydrogens (tertiary/aromatic N) is 2. The molecule has 0 aliphatic rings. The van der Waals surface area contributed by atoms with E-state index in [1.165, 1.54) is 6.92 Å². The number of hydrogen-bond acceptors (Lipinski definition) is 4. The lowest BCUT2D eigenvalue weighted by molar-refractivity contribution is -0.114. The normalized spacial score (nSPS) is 10.6. The molecule has 2 aromatic carbocycles. The highest BCUT2D eigenvalue weighted by atomic mass is 32.1. The maximum absolute atomic E-state index is 12.5. The number of carbonyl (C=O) groups is 2. The zero-order valence-corrected chi connectivity index (χ0v) is 18.1. The molecule has 7 heteroatoms. The Kier molecular flexibility index (Phi) is 5.95. The minimum absolute atomic E-state index is 0.136. The van der Waals surface area contributed by atoms with Crippen LogP contribution in [0.4, 0.5) is 5.82 Å². The highest BCUT2D eigenvalue weighted by Gasteiger charge is 2.19. The second-order valence-corrected chi connectivity index (χ2v) is 8.11. The largest absolute Gasteiger partial charge is 0.347 e. The van der Waals surface area contributed by atoms with Crippen LogP contribution in [0, 0.1) is 6.92 Å². The minimum atomic E-state index is -0.178. The molecule has 2 N–H and O–H groups in total. The van der Waals surface area contributed by atoms with E-state index in [4.69, 9.17) is 0 Å². The molecule has 0 atom stereocenters. The first kappa shape index (κ1) is 20.6. The van der Waals surface area contributed by atoms with Gasteiger partial charge < -0.3 is 10.6 Å². The van der Waals surface area contributed by atoms with E-state index in [0.717, 1.165) is 27.4 Å². The van der Waals surface area contributed by atoms with Crippen LogP contribution >= 0.6 is 11.3 Å². The zero-order chi connectivity index (χ0) is 21.8. The van der Waals surface area contributed by atoms with Crippen molar-refractivity contribution in [2.45, 2.75) is 20.4 Å². The Morgan fingerprint density at radius 3 is 2.39 bits per heavy atom. The van der Waals surface area contributed by atoms with Crippen LogP contribution in [-0.2, 0) is 11.3 Å². The molecule has 0 fully saturated rings. The van der Waals surface area contributed by atoms with Gasteiger partial charge in [-0.05, 0) is 48.2 Å². The first-order chi connectivity index (χ1) is 15.0. The summed E-state index contributed by atoms with van der Waals surface area (Å²) >= 11 is 1.61. The van der Waals surface area contributed by atoms with E-state index in [0.29, 0.717) is 17.9 Å². The van der Waals surface area contributed by atoms with E-state index in [1.807, 2.05) is 66.9 Å². The van der Waals surface area contributed by atoms with E-state index >= 15 is 0 Å². The first-order valence-corrected chi connectivity index (χ1v) is 10.7. The van der Waals surface area contributed by atoms with Crippen LogP contribution in [0.5, 0.6) is 0 Å². The number of aryl methyl sites for hydroxylation is 1. The molecular formula is C24H22N4O2S. The van der Waals surface area contributed by atoms with Gasteiger partial charge in [-0.15, -0.1) is 11.3 Å². The molecule has 4 aromatic rings. The fraction of sp³-hybridized carbons (Fsp3) is 0.125. The number of thiophene rings is 1. The number of hydrogen-bond donors (Lipinski definition) is 2. The molecule has 31 heavy (non-hydrogen) atoms. The first-order valence-electron chi connectivity index (χ1n) is 9.86. The summed E-state index contributed by atoms with van der Waals surface area (Å²) in [7, 11) is 0. The van der Waals surface area contributed by atoms with Crippen LogP contribution in [0.15, 0.2) is 72.1 Å². The smallest absolute Gasteiger partial charge is 0.251 e. The molecule has 0 bridgehead atoms. The lowest BCUT2D eigenvalue weighted by Gasteiger charge is -2.11. The monoisotopic (exact) mass is 430 g/mol. The van der Waals surface area contributed by atoms with E-state index < -0.39 is 0 Å². The minimum Gasteiger partial charge on any atom is -0.347 e. The van der Waals surface area contributed by atoms with Gasteiger partial charge in [0.25, 0.3) is 5.91 Å². The van der Waals surface area contributed by atoms with Gasteiger partial charge in [0.1, 0.15) is 5.82 Å². The molecule has 0 radical (unpaired) electrons. The van der Waals surface area contributed by atoms with Gasteiger partial charge in [-0.2, -0.15) is 5.10 Å². The molecule has 0 unspecified atom stereocenters. The predicted molar refractivity (Wildman–Crippen MR) is 124 cm³/mol. The maximum atomic E-state index is 12.5. The summed E-state index contributed by atoms with van der Waals surface area (Å²) in [5.74, 6) is 0.289. The number of carbonyl (C=O) groups excluding carboxylic acids is 2. The molecule has 0 saturated heterocycles. The molecule has 0 aliphatic carbocycles. The quantitative estimate of drug-likeness (QED) is 0.461. The van der Waals surface area contributed by atoms with E-state index in [9.17, 15) is 9.59 Å². The second kappa shape index (κ2) is 8.97. The van der Waals surface area contributed by atoms with Crippen molar-refractivity contribution in [3.05, 3.63) is 88.2 Å². The van der Waals surface area contributed by atoms with E-state index in [1.54, 1.807) is 28.2 Å². The topological polar surface area (TPSA) is 76.0 Å². The highest BCUT2D eigenvalue weighted by Crippen LogP contribution is 2.33. The predicted octanol–water partition coefficient (Wildman–Crippen LogP) is 4.80. The molecule has 6 nitrogen and oxygen atoms in total. The van der Waals surface area contributed by atoms with Crippen LogP contribution in [0.1, 0.15) is 27.9 Å². The summed E-state index contributed by atoms with van der Waals surface area (Å²) in [6.07, 6.45) is 0. The van der Waals surface area contributed by atoms with Gasteiger partial charge in [-0.25, -0.2) is 4.68 Å². The molecule has 0 saturated carbocycles. The number of rotatable bonds is 6. The third kappa shape index (κ3) is 4.57. The number of nitrogens with one attached hydrogen (secondary N) is 2. The van der Waals surface area contributed by atoms with Crippen LogP contribution in [0.3, 0.4) is 0 Å². The van der Waals surface area contributed by atoms with Crippen LogP contribution in [0.25, 0.3) is 16.8 Å². The fourth-order valence-corrected chi connectivity index (χ4v) is 4.03. The Morgan fingerprint density at radius 2 is 1.74 bits per heavy atom. The van der Waals surface area contributed by atoms with Crippen molar-refractivity contribution in [3.63, 3.8) is 0 Å². The van der Waals surface area contributed by atoms with Crippen LogP contribution in [-0.4, -0.2) is 21.6 Å². The summed E-state index contributed by atoms with van der Waals surface area (Å²) in [5.41, 5.74) is 3.96. The van der Waals surface area contributed by atoms with Crippen molar-refractivity contribution in [3.8, 4) is 16.8 Å². The molecule has 2 aromatic heterocycles. The standard InChI is InChI=1S/C24H22N4O2S/c1-16-22(18-7-4-3-5-8-18)23(26-17(2)29)28(27-16)20-12-10-19(11-13-20)24(30)25-15-21-9-6-14-31-21/h3-14H,15H2,1-2H3,(H,25,30)(H,26,29). The van der Waals surface area contributed by atoms with Crippen molar-refractivity contribution in [2.24, 2.45) is 0 Å². The Morgan fingerprint density at radius 1 is 1.00 bits per heavy atom. The Labute approximate surface area is 184 Å². The summed E-state index contributed by atoms with van der Waals surface area (Å²) in [6.45, 7) is 3.89. The summed E-state index contributed by atoms with van der Waals surface area (Å²) in [4.78, 5) is 25.5. The summed E-state index contributed by atoms with van der Waals surface area (Å²) in [5, 5.41) is 12.5. The lowest BCUT2D eigenvalue weighted by atomic mass is 10.1. The van der Waals surface area contributed by atoms with Gasteiger partial charge >= 0.3 is 0 Å². The van der Waals surface area contributed by atoms with Gasteiger partial charge in [-0.1, -0.05) is 36.4 Å². The Bertz CT molecular complexity index is 1200. The van der Waals surface area contributed by atoms with E-state index in [2.05, 4.69) is 15.7 Å². The van der Waals surface area contributed by atoms with Gasteiger partial charge in [0, 0.05) is 22.9 Å². The molecule has 0 spiro atoms. The highest BCUT2D eigenvalue weighted by molar-refractivity contribution is 7.09. The number of amides is 2. The van der Waals surface area contributed by atoms with Crippen molar-refractivity contribution >= 4 is 29.0 Å². The molecular weight excluding hydrogens is 408 g/mol. The third-order valence-corrected chi connectivity index (χ3v) is 5.67. The molecule has 2 amide bonds. The fourth-order valence-electron chi connectivity index (χ4n) is 3.38. The SMILES string of the molecule is CC(=O)Nc1c(-c2ccccc2)c(C)nn1-c1ccc(C(=O)NCc2cccs2)cc1. The molecule has 156 valence electrons. The summed E-state index contributed by atoms with van der Waals surface area (Å²) in [6, 6.07) is 20.9. The van der Waals surface area contributed by atoms with Gasteiger partial charge in [0.15, 0.2) is 0 Å². The Balaban J connectivity index is 1.63. The van der Waals surface area contributed by atoms with Gasteiger partial charge in [0.2, 0.25) is 5.91 Å². The van der Waals surface area contributed by atoms with Crippen LogP contribution in [0.2, 0.25) is 0 Å². The van der Waals surface area contributed by atoms with E-state index in [-0.39, 0.29) is 11.8 Å². The Hall–Kier alpha value is -3.71. The van der Waals surface area contributed by atoms with Gasteiger partial charge in [0.05, 0.1) is 17.9 Å². The van der Waals surface area contributed by atoms with Crippen LogP contribution < -0.4 is 10.6 Å². The molecule has 0 aliphatic heterocycles. The number of aromatic nitrogens is 2. The van der Waals surface area contributed by atoms with Crippen molar-refractivity contribution in [1.29, 1.82) is 0 Å². The lowest BCUT2D eigenvalue weighted by Crippen LogP contribution is -2.22. The van der Waals surface area contributed by atoms with Crippen molar-refractivity contribution < 1.29 is 9.59 Å².